The van der Waals surface area contributed by atoms with Crippen LogP contribution in [0.1, 0.15) is 76.2 Å². The number of likely N-dealkylation sites (N-methyl/N-ethyl adjacent to an activating group) is 1. The number of likely N-dealkylation sites (tertiary alicyclic amines) is 1. The van der Waals surface area contributed by atoms with E-state index in [4.69, 9.17) is 21.1 Å². The monoisotopic (exact) mass is 494 g/mol. The van der Waals surface area contributed by atoms with Crippen molar-refractivity contribution in [2.24, 2.45) is 5.92 Å². The number of rotatable bonds is 13. The molecule has 0 bridgehead atoms. The quantitative estimate of drug-likeness (QED) is 0.360. The molecule has 1 heterocycles. The van der Waals surface area contributed by atoms with Gasteiger partial charge in [-0.05, 0) is 101 Å². The molecule has 1 saturated heterocycles. The van der Waals surface area contributed by atoms with Crippen LogP contribution in [-0.2, 0) is 15.1 Å². The number of methoxy groups -OCH3 is 2. The Balaban J connectivity index is 1.83. The molecule has 0 amide bonds. The highest BCUT2D eigenvalue weighted by Crippen LogP contribution is 2.41. The van der Waals surface area contributed by atoms with Gasteiger partial charge in [-0.15, -0.1) is 0 Å². The van der Waals surface area contributed by atoms with Gasteiger partial charge in [0.2, 0.25) is 0 Å². The number of aliphatic hydroxyl groups is 1. The van der Waals surface area contributed by atoms with E-state index in [0.29, 0.717) is 17.2 Å². The van der Waals surface area contributed by atoms with Crippen molar-refractivity contribution in [2.75, 3.05) is 41.0 Å². The Kier molecular flexibility index (Phi) is 11.6. The van der Waals surface area contributed by atoms with E-state index in [0.717, 1.165) is 63.3 Å². The maximum absolute atomic E-state index is 12.4. The van der Waals surface area contributed by atoms with Gasteiger partial charge in [-0.25, -0.2) is 0 Å². The first-order valence-electron chi connectivity index (χ1n) is 13.4. The van der Waals surface area contributed by atoms with Crippen molar-refractivity contribution in [1.29, 1.82) is 0 Å². The minimum absolute atomic E-state index is 0.0934. The number of ether oxygens (including phenoxy) is 2. The van der Waals surface area contributed by atoms with Crippen LogP contribution in [0.25, 0.3) is 0 Å². The van der Waals surface area contributed by atoms with Crippen LogP contribution in [0.4, 0.5) is 0 Å². The van der Waals surface area contributed by atoms with E-state index in [1.54, 1.807) is 7.11 Å². The number of nitrogens with zero attached hydrogens (tertiary/aromatic N) is 1. The summed E-state index contributed by atoms with van der Waals surface area (Å²) in [5.41, 5.74) is 0.0387. The average molecular weight is 495 g/mol. The fourth-order valence-electron chi connectivity index (χ4n) is 6.37. The van der Waals surface area contributed by atoms with Gasteiger partial charge in [0.25, 0.3) is 0 Å². The second-order valence-electron chi connectivity index (χ2n) is 10.5. The molecule has 194 valence electrons. The predicted octanol–water partition coefficient (Wildman–Crippen LogP) is 5.38. The maximum Gasteiger partial charge on any atom is 0.105 e. The van der Waals surface area contributed by atoms with E-state index in [1.165, 1.54) is 38.5 Å². The molecule has 0 aromatic heterocycles. The lowest BCUT2D eigenvalue weighted by molar-refractivity contribution is -0.0920. The number of benzene rings is 1. The van der Waals surface area contributed by atoms with Gasteiger partial charge in [0.05, 0.1) is 6.10 Å². The Hall–Kier alpha value is -0.690. The van der Waals surface area contributed by atoms with Crippen LogP contribution in [0.3, 0.4) is 0 Å². The molecule has 2 aliphatic rings. The minimum atomic E-state index is -0.918. The highest BCUT2D eigenvalue weighted by Gasteiger charge is 2.44. The second kappa shape index (κ2) is 14.2. The van der Waals surface area contributed by atoms with Crippen LogP contribution in [0.5, 0.6) is 0 Å². The topological polar surface area (TPSA) is 54.0 Å². The maximum atomic E-state index is 12.4. The Morgan fingerprint density at radius 1 is 1.15 bits per heavy atom. The van der Waals surface area contributed by atoms with Crippen LogP contribution in [-0.4, -0.2) is 69.2 Å². The summed E-state index contributed by atoms with van der Waals surface area (Å²) >= 11 is 6.41. The van der Waals surface area contributed by atoms with Gasteiger partial charge in [0.1, 0.15) is 5.60 Å². The van der Waals surface area contributed by atoms with Crippen LogP contribution >= 0.6 is 11.6 Å². The van der Waals surface area contributed by atoms with Crippen LogP contribution in [0, 0.1) is 5.92 Å². The molecule has 1 aliphatic carbocycles. The van der Waals surface area contributed by atoms with Crippen molar-refractivity contribution in [1.82, 2.24) is 10.2 Å². The summed E-state index contributed by atoms with van der Waals surface area (Å²) < 4.78 is 10.9. The third kappa shape index (κ3) is 7.41. The lowest BCUT2D eigenvalue weighted by Crippen LogP contribution is -2.58. The summed E-state index contributed by atoms with van der Waals surface area (Å²) in [6, 6.07) is 8.43. The molecule has 3 atom stereocenters. The number of unbranched alkanes of at least 4 members (excludes halogenated alkanes) is 1. The first-order chi connectivity index (χ1) is 16.5. The van der Waals surface area contributed by atoms with E-state index in [1.807, 2.05) is 25.3 Å². The molecule has 34 heavy (non-hydrogen) atoms. The van der Waals surface area contributed by atoms with E-state index in [-0.39, 0.29) is 6.04 Å². The second-order valence-corrected chi connectivity index (χ2v) is 10.9. The fraction of sp³-hybridized carbons (Fsp3) is 0.786. The zero-order valence-corrected chi connectivity index (χ0v) is 22.4. The fourth-order valence-corrected chi connectivity index (χ4v) is 6.56. The van der Waals surface area contributed by atoms with Crippen LogP contribution < -0.4 is 5.32 Å². The SMILES string of the molecule is CNCC(CC1CCC(OC)CC1)N1CCCCC1C(O)(CCCCOC)c1cccc(Cl)c1. The summed E-state index contributed by atoms with van der Waals surface area (Å²) in [4.78, 5) is 2.65. The van der Waals surface area contributed by atoms with Gasteiger partial charge in [-0.2, -0.15) is 0 Å². The molecule has 5 nitrogen and oxygen atoms in total. The van der Waals surface area contributed by atoms with Gasteiger partial charge >= 0.3 is 0 Å². The Bertz CT molecular complexity index is 713. The first kappa shape index (κ1) is 27.9. The zero-order chi connectivity index (χ0) is 24.4. The van der Waals surface area contributed by atoms with Crippen LogP contribution in [0.2, 0.25) is 5.02 Å². The van der Waals surface area contributed by atoms with Gasteiger partial charge < -0.3 is 19.9 Å². The Morgan fingerprint density at radius 2 is 1.94 bits per heavy atom. The number of nitrogens with one attached hydrogen (secondary N) is 1. The molecule has 1 aliphatic heterocycles. The number of hydrogen-bond acceptors (Lipinski definition) is 5. The number of hydrogen-bond donors (Lipinski definition) is 2. The van der Waals surface area contributed by atoms with Crippen molar-refractivity contribution < 1.29 is 14.6 Å². The van der Waals surface area contributed by atoms with Gasteiger partial charge in [-0.3, -0.25) is 4.90 Å². The zero-order valence-electron chi connectivity index (χ0n) is 21.6. The molecule has 2 N–H and O–H groups in total. The van der Waals surface area contributed by atoms with Crippen molar-refractivity contribution >= 4 is 11.6 Å². The molecule has 0 spiro atoms. The average Bonchev–Trinajstić information content (AvgIpc) is 2.87. The number of halogens is 1. The van der Waals surface area contributed by atoms with Crippen molar-refractivity contribution in [2.45, 2.75) is 94.4 Å². The van der Waals surface area contributed by atoms with E-state index in [9.17, 15) is 5.11 Å². The predicted molar refractivity (Wildman–Crippen MR) is 141 cm³/mol. The molecular weight excluding hydrogens is 448 g/mol. The molecule has 2 fully saturated rings. The molecule has 6 heteroatoms. The van der Waals surface area contributed by atoms with E-state index in [2.05, 4.69) is 23.3 Å². The molecular formula is C28H47ClN2O3. The van der Waals surface area contributed by atoms with E-state index < -0.39 is 5.60 Å². The van der Waals surface area contributed by atoms with Gasteiger partial charge in [0.15, 0.2) is 0 Å². The summed E-state index contributed by atoms with van der Waals surface area (Å²) in [6.45, 7) is 2.73. The van der Waals surface area contributed by atoms with Crippen molar-refractivity contribution in [3.63, 3.8) is 0 Å². The largest absolute Gasteiger partial charge is 0.385 e. The molecule has 0 radical (unpaired) electrons. The highest BCUT2D eigenvalue weighted by molar-refractivity contribution is 6.30. The van der Waals surface area contributed by atoms with Gasteiger partial charge in [-0.1, -0.05) is 30.2 Å². The first-order valence-corrected chi connectivity index (χ1v) is 13.8. The Morgan fingerprint density at radius 3 is 2.62 bits per heavy atom. The summed E-state index contributed by atoms with van der Waals surface area (Å²) in [5.74, 6) is 0.730. The summed E-state index contributed by atoms with van der Waals surface area (Å²) in [5, 5.41) is 16.6. The standard InChI is InChI=1S/C28H47ClN2O3/c1-30-21-25(19-22-12-14-26(34-3)15-13-22)31-17-6-4-11-27(31)28(32,16-5-7-18-33-2)23-9-8-10-24(29)20-23/h8-10,20,22,25-27,30,32H,4-7,11-19,21H2,1-3H3. The molecule has 3 unspecified atom stereocenters. The molecule has 3 rings (SSSR count). The summed E-state index contributed by atoms with van der Waals surface area (Å²) in [7, 11) is 5.65. The normalized spacial score (nSPS) is 26.8. The molecule has 1 aromatic rings. The van der Waals surface area contributed by atoms with Crippen molar-refractivity contribution in [3.8, 4) is 0 Å². The Labute approximate surface area is 212 Å². The smallest absolute Gasteiger partial charge is 0.105 e. The van der Waals surface area contributed by atoms with Crippen molar-refractivity contribution in [3.05, 3.63) is 34.9 Å². The lowest BCUT2D eigenvalue weighted by Gasteiger charge is -2.50. The highest BCUT2D eigenvalue weighted by atomic mass is 35.5. The van der Waals surface area contributed by atoms with Crippen LogP contribution in [0.15, 0.2) is 24.3 Å². The molecule has 1 aromatic carbocycles. The summed E-state index contributed by atoms with van der Waals surface area (Å²) in [6.07, 6.45) is 12.4. The van der Waals surface area contributed by atoms with E-state index >= 15 is 0 Å². The van der Waals surface area contributed by atoms with Gasteiger partial charge in [0, 0.05) is 44.5 Å². The minimum Gasteiger partial charge on any atom is -0.385 e. The lowest BCUT2D eigenvalue weighted by atomic mass is 9.76. The third-order valence-electron chi connectivity index (χ3n) is 8.22. The molecule has 1 saturated carbocycles. The third-order valence-corrected chi connectivity index (χ3v) is 8.45. The number of piperidine rings is 1.